The summed E-state index contributed by atoms with van der Waals surface area (Å²) in [6.45, 7) is 2.42. The predicted octanol–water partition coefficient (Wildman–Crippen LogP) is 1.06. The minimum absolute atomic E-state index is 0.180. The zero-order chi connectivity index (χ0) is 11.9. The molecule has 0 unspecified atom stereocenters. The van der Waals surface area contributed by atoms with Gasteiger partial charge in [0.25, 0.3) is 0 Å². The Morgan fingerprint density at radius 2 is 2.00 bits per heavy atom. The summed E-state index contributed by atoms with van der Waals surface area (Å²) < 4.78 is 5.16. The highest BCUT2D eigenvalue weighted by Gasteiger charge is 2.15. The van der Waals surface area contributed by atoms with Crippen LogP contribution in [0.4, 0.5) is 4.79 Å². The number of hydrogen-bond acceptors (Lipinski definition) is 3. The van der Waals surface area contributed by atoms with Crippen LogP contribution in [0.25, 0.3) is 0 Å². The van der Waals surface area contributed by atoms with Crippen molar-refractivity contribution in [1.82, 2.24) is 10.3 Å². The minimum atomic E-state index is -0.180. The van der Waals surface area contributed by atoms with Crippen LogP contribution >= 0.6 is 0 Å². The van der Waals surface area contributed by atoms with Crippen molar-refractivity contribution >= 4 is 12.2 Å². The Morgan fingerprint density at radius 1 is 1.29 bits per heavy atom. The third kappa shape index (κ3) is 3.57. The van der Waals surface area contributed by atoms with Gasteiger partial charge in [-0.05, 0) is 5.56 Å². The largest absolute Gasteiger partial charge is 0.378 e. The molecule has 5 nitrogen and oxygen atoms in total. The highest BCUT2D eigenvalue weighted by Crippen LogP contribution is 1.97. The van der Waals surface area contributed by atoms with E-state index in [1.807, 2.05) is 30.3 Å². The molecule has 1 aromatic rings. The van der Waals surface area contributed by atoms with E-state index >= 15 is 0 Å². The molecule has 0 aliphatic carbocycles. The van der Waals surface area contributed by atoms with Gasteiger partial charge in [-0.3, -0.25) is 0 Å². The van der Waals surface area contributed by atoms with Crippen LogP contribution in [0.1, 0.15) is 5.56 Å². The van der Waals surface area contributed by atoms with Gasteiger partial charge >= 0.3 is 6.03 Å². The summed E-state index contributed by atoms with van der Waals surface area (Å²) in [6.07, 6.45) is 1.62. The molecule has 1 saturated heterocycles. The number of rotatable bonds is 2. The van der Waals surface area contributed by atoms with E-state index in [1.54, 1.807) is 11.1 Å². The molecule has 0 aromatic heterocycles. The van der Waals surface area contributed by atoms with E-state index in [2.05, 4.69) is 10.5 Å². The van der Waals surface area contributed by atoms with Crippen molar-refractivity contribution < 1.29 is 9.53 Å². The standard InChI is InChI=1S/C12H15N3O2/c16-12(15-6-8-17-9-7-15)14-13-10-11-4-2-1-3-5-11/h1-5,10H,6-9H2,(H,14,16). The number of benzene rings is 1. The summed E-state index contributed by atoms with van der Waals surface area (Å²) in [5.41, 5.74) is 3.46. The lowest BCUT2D eigenvalue weighted by atomic mass is 10.2. The zero-order valence-corrected chi connectivity index (χ0v) is 9.50. The molecule has 0 spiro atoms. The Balaban J connectivity index is 1.81. The van der Waals surface area contributed by atoms with Gasteiger partial charge in [0.05, 0.1) is 19.4 Å². The Labute approximate surface area is 100 Å². The number of urea groups is 1. The van der Waals surface area contributed by atoms with Crippen LogP contribution < -0.4 is 5.43 Å². The molecule has 1 aliphatic heterocycles. The highest BCUT2D eigenvalue weighted by molar-refractivity contribution is 5.81. The summed E-state index contributed by atoms with van der Waals surface area (Å²) in [5.74, 6) is 0. The number of nitrogens with one attached hydrogen (secondary N) is 1. The third-order valence-corrected chi connectivity index (χ3v) is 2.47. The van der Waals surface area contributed by atoms with Crippen LogP contribution in [-0.2, 0) is 4.74 Å². The quantitative estimate of drug-likeness (QED) is 0.613. The molecular formula is C12H15N3O2. The highest BCUT2D eigenvalue weighted by atomic mass is 16.5. The van der Waals surface area contributed by atoms with Crippen LogP contribution in [0.3, 0.4) is 0 Å². The van der Waals surface area contributed by atoms with Gasteiger partial charge in [0.2, 0.25) is 0 Å². The molecule has 2 amide bonds. The molecule has 0 saturated carbocycles. The first-order valence-electron chi connectivity index (χ1n) is 5.57. The molecule has 1 N–H and O–H groups in total. The molecule has 0 atom stereocenters. The zero-order valence-electron chi connectivity index (χ0n) is 9.50. The molecule has 1 aromatic carbocycles. The van der Waals surface area contributed by atoms with Gasteiger partial charge in [0.15, 0.2) is 0 Å². The second-order valence-corrected chi connectivity index (χ2v) is 3.69. The van der Waals surface area contributed by atoms with Crippen molar-refractivity contribution in [3.63, 3.8) is 0 Å². The van der Waals surface area contributed by atoms with E-state index in [0.717, 1.165) is 5.56 Å². The van der Waals surface area contributed by atoms with E-state index in [-0.39, 0.29) is 6.03 Å². The average molecular weight is 233 g/mol. The maximum atomic E-state index is 11.6. The molecule has 0 bridgehead atoms. The fourth-order valence-corrected chi connectivity index (χ4v) is 1.54. The number of ether oxygens (including phenoxy) is 1. The van der Waals surface area contributed by atoms with Crippen molar-refractivity contribution in [2.45, 2.75) is 0 Å². The molecule has 1 heterocycles. The second-order valence-electron chi connectivity index (χ2n) is 3.69. The first-order chi connectivity index (χ1) is 8.36. The van der Waals surface area contributed by atoms with Crippen molar-refractivity contribution in [3.8, 4) is 0 Å². The number of carbonyl (C=O) groups excluding carboxylic acids is 1. The van der Waals surface area contributed by atoms with Crippen LogP contribution in [0, 0.1) is 0 Å². The number of amides is 2. The van der Waals surface area contributed by atoms with Gasteiger partial charge in [0.1, 0.15) is 0 Å². The molecule has 17 heavy (non-hydrogen) atoms. The predicted molar refractivity (Wildman–Crippen MR) is 65.0 cm³/mol. The lowest BCUT2D eigenvalue weighted by molar-refractivity contribution is 0.0533. The van der Waals surface area contributed by atoms with E-state index in [0.29, 0.717) is 26.3 Å². The smallest absolute Gasteiger partial charge is 0.337 e. The lowest BCUT2D eigenvalue weighted by Crippen LogP contribution is -2.44. The van der Waals surface area contributed by atoms with Gasteiger partial charge in [-0.1, -0.05) is 30.3 Å². The molecule has 5 heteroatoms. The summed E-state index contributed by atoms with van der Waals surface area (Å²) in [7, 11) is 0. The fraction of sp³-hybridized carbons (Fsp3) is 0.333. The van der Waals surface area contributed by atoms with E-state index < -0.39 is 0 Å². The normalized spacial score (nSPS) is 16.1. The van der Waals surface area contributed by atoms with Crippen molar-refractivity contribution in [2.75, 3.05) is 26.3 Å². The Bertz CT molecular complexity index is 386. The van der Waals surface area contributed by atoms with Gasteiger partial charge in [-0.25, -0.2) is 10.2 Å². The molecule has 90 valence electrons. The number of hydrazone groups is 1. The Hall–Kier alpha value is -1.88. The van der Waals surface area contributed by atoms with E-state index in [9.17, 15) is 4.79 Å². The molecular weight excluding hydrogens is 218 g/mol. The Kier molecular flexibility index (Phi) is 4.10. The van der Waals surface area contributed by atoms with Crippen LogP contribution in [-0.4, -0.2) is 43.4 Å². The minimum Gasteiger partial charge on any atom is -0.378 e. The number of hydrogen-bond donors (Lipinski definition) is 1. The van der Waals surface area contributed by atoms with E-state index in [1.165, 1.54) is 0 Å². The van der Waals surface area contributed by atoms with Crippen molar-refractivity contribution in [3.05, 3.63) is 35.9 Å². The summed E-state index contributed by atoms with van der Waals surface area (Å²) in [4.78, 5) is 13.3. The average Bonchev–Trinajstić information content (AvgIpc) is 2.41. The topological polar surface area (TPSA) is 53.9 Å². The second kappa shape index (κ2) is 6.00. The molecule has 1 fully saturated rings. The maximum absolute atomic E-state index is 11.6. The van der Waals surface area contributed by atoms with Crippen molar-refractivity contribution in [2.24, 2.45) is 5.10 Å². The van der Waals surface area contributed by atoms with Gasteiger partial charge in [-0.15, -0.1) is 0 Å². The van der Waals surface area contributed by atoms with E-state index in [4.69, 9.17) is 4.74 Å². The first kappa shape index (κ1) is 11.6. The SMILES string of the molecule is O=C(NN=Cc1ccccc1)N1CCOCC1. The number of morpholine rings is 1. The first-order valence-corrected chi connectivity index (χ1v) is 5.57. The Morgan fingerprint density at radius 3 is 2.71 bits per heavy atom. The van der Waals surface area contributed by atoms with Crippen LogP contribution in [0.15, 0.2) is 35.4 Å². The third-order valence-electron chi connectivity index (χ3n) is 2.47. The maximum Gasteiger partial charge on any atom is 0.337 e. The van der Waals surface area contributed by atoms with Gasteiger partial charge in [-0.2, -0.15) is 5.10 Å². The van der Waals surface area contributed by atoms with Crippen LogP contribution in [0.2, 0.25) is 0 Å². The summed E-state index contributed by atoms with van der Waals surface area (Å²) >= 11 is 0. The van der Waals surface area contributed by atoms with Gasteiger partial charge < -0.3 is 9.64 Å². The number of nitrogens with zero attached hydrogens (tertiary/aromatic N) is 2. The summed E-state index contributed by atoms with van der Waals surface area (Å²) in [5, 5.41) is 3.91. The molecule has 1 aliphatic rings. The monoisotopic (exact) mass is 233 g/mol. The fourth-order valence-electron chi connectivity index (χ4n) is 1.54. The lowest BCUT2D eigenvalue weighted by Gasteiger charge is -2.25. The van der Waals surface area contributed by atoms with Crippen molar-refractivity contribution in [1.29, 1.82) is 0 Å². The van der Waals surface area contributed by atoms with Gasteiger partial charge in [0, 0.05) is 13.1 Å². The van der Waals surface area contributed by atoms with Crippen LogP contribution in [0.5, 0.6) is 0 Å². The molecule has 0 radical (unpaired) electrons. The molecule has 2 rings (SSSR count). The summed E-state index contributed by atoms with van der Waals surface area (Å²) in [6, 6.07) is 9.44. The number of carbonyl (C=O) groups is 1.